The van der Waals surface area contributed by atoms with E-state index in [2.05, 4.69) is 34.0 Å². The van der Waals surface area contributed by atoms with E-state index in [4.69, 9.17) is 11.6 Å². The number of hydrogen-bond acceptors (Lipinski definition) is 4. The zero-order chi connectivity index (χ0) is 13.1. The number of halogens is 1. The molecule has 94 valence electrons. The van der Waals surface area contributed by atoms with Crippen LogP contribution in [0.1, 0.15) is 12.5 Å². The summed E-state index contributed by atoms with van der Waals surface area (Å²) >= 11 is 5.91. The molecule has 0 aliphatic rings. The van der Waals surface area contributed by atoms with Gasteiger partial charge in [-0.25, -0.2) is 0 Å². The molecule has 1 aromatic heterocycles. The summed E-state index contributed by atoms with van der Waals surface area (Å²) < 4.78 is 0. The monoisotopic (exact) mass is 262 g/mol. The van der Waals surface area contributed by atoms with E-state index in [0.29, 0.717) is 11.8 Å². The van der Waals surface area contributed by atoms with Gasteiger partial charge in [0.1, 0.15) is 0 Å². The number of aryl methyl sites for hydroxylation is 1. The summed E-state index contributed by atoms with van der Waals surface area (Å²) in [5.74, 6) is 1.16. The standard InChI is InChI=1S/C13H15ClN4/c1-4-9-5-7-10(8-6-9)11-15-12(14)17-13(16-11)18(2)3/h5-8H,4H2,1-3H3. The predicted octanol–water partition coefficient (Wildman–Crippen LogP) is 2.82. The Morgan fingerprint density at radius 3 is 2.28 bits per heavy atom. The molecule has 0 atom stereocenters. The predicted molar refractivity (Wildman–Crippen MR) is 74.0 cm³/mol. The van der Waals surface area contributed by atoms with Crippen molar-refractivity contribution in [1.29, 1.82) is 0 Å². The molecule has 0 saturated carbocycles. The van der Waals surface area contributed by atoms with Gasteiger partial charge >= 0.3 is 0 Å². The van der Waals surface area contributed by atoms with Crippen LogP contribution < -0.4 is 4.90 Å². The molecule has 0 N–H and O–H groups in total. The molecule has 2 rings (SSSR count). The third kappa shape index (κ3) is 2.76. The zero-order valence-electron chi connectivity index (χ0n) is 10.7. The Labute approximate surface area is 112 Å². The molecule has 0 aliphatic heterocycles. The number of benzene rings is 1. The fourth-order valence-electron chi connectivity index (χ4n) is 1.56. The van der Waals surface area contributed by atoms with Crippen LogP contribution in [-0.4, -0.2) is 29.0 Å². The van der Waals surface area contributed by atoms with E-state index in [9.17, 15) is 0 Å². The number of anilines is 1. The molecular weight excluding hydrogens is 248 g/mol. The first-order valence-corrected chi connectivity index (χ1v) is 6.16. The summed E-state index contributed by atoms with van der Waals surface area (Å²) in [4.78, 5) is 14.4. The summed E-state index contributed by atoms with van der Waals surface area (Å²) in [5.41, 5.74) is 2.23. The van der Waals surface area contributed by atoms with Crippen molar-refractivity contribution in [2.24, 2.45) is 0 Å². The van der Waals surface area contributed by atoms with E-state index < -0.39 is 0 Å². The van der Waals surface area contributed by atoms with Gasteiger partial charge in [-0.05, 0) is 23.6 Å². The second-order valence-electron chi connectivity index (χ2n) is 4.17. The van der Waals surface area contributed by atoms with Gasteiger partial charge in [0.05, 0.1) is 0 Å². The minimum absolute atomic E-state index is 0.211. The first kappa shape index (κ1) is 12.8. The second kappa shape index (κ2) is 5.31. The average molecular weight is 263 g/mol. The van der Waals surface area contributed by atoms with Crippen molar-refractivity contribution >= 4 is 17.5 Å². The van der Waals surface area contributed by atoms with E-state index >= 15 is 0 Å². The van der Waals surface area contributed by atoms with Crippen molar-refractivity contribution in [2.75, 3.05) is 19.0 Å². The molecule has 4 nitrogen and oxygen atoms in total. The lowest BCUT2D eigenvalue weighted by Gasteiger charge is -2.11. The smallest absolute Gasteiger partial charge is 0.229 e. The SMILES string of the molecule is CCc1ccc(-c2nc(Cl)nc(N(C)C)n2)cc1. The number of nitrogens with zero attached hydrogens (tertiary/aromatic N) is 4. The van der Waals surface area contributed by atoms with Crippen LogP contribution in [-0.2, 0) is 6.42 Å². The highest BCUT2D eigenvalue weighted by molar-refractivity contribution is 6.28. The molecule has 18 heavy (non-hydrogen) atoms. The Hall–Kier alpha value is -1.68. The minimum Gasteiger partial charge on any atom is -0.347 e. The van der Waals surface area contributed by atoms with Crippen LogP contribution in [0.2, 0.25) is 5.28 Å². The molecule has 1 heterocycles. The lowest BCUT2D eigenvalue weighted by atomic mass is 10.1. The van der Waals surface area contributed by atoms with Gasteiger partial charge in [0.15, 0.2) is 5.82 Å². The molecule has 1 aromatic carbocycles. The van der Waals surface area contributed by atoms with Gasteiger partial charge in [-0.2, -0.15) is 15.0 Å². The largest absolute Gasteiger partial charge is 0.347 e. The van der Waals surface area contributed by atoms with Gasteiger partial charge in [0.25, 0.3) is 0 Å². The molecule has 5 heteroatoms. The highest BCUT2D eigenvalue weighted by Gasteiger charge is 2.08. The highest BCUT2D eigenvalue weighted by Crippen LogP contribution is 2.19. The maximum Gasteiger partial charge on any atom is 0.229 e. The maximum atomic E-state index is 5.91. The van der Waals surface area contributed by atoms with Crippen LogP contribution in [0.5, 0.6) is 0 Å². The summed E-state index contributed by atoms with van der Waals surface area (Å²) in [6, 6.07) is 8.15. The molecule has 0 radical (unpaired) electrons. The Balaban J connectivity index is 2.42. The molecular formula is C13H15ClN4. The Kier molecular flexibility index (Phi) is 3.77. The van der Waals surface area contributed by atoms with Crippen LogP contribution in [0.4, 0.5) is 5.95 Å². The third-order valence-corrected chi connectivity index (χ3v) is 2.79. The Morgan fingerprint density at radius 1 is 1.06 bits per heavy atom. The van der Waals surface area contributed by atoms with Gasteiger partial charge in [-0.1, -0.05) is 31.2 Å². The quantitative estimate of drug-likeness (QED) is 0.853. The maximum absolute atomic E-state index is 5.91. The molecule has 0 aliphatic carbocycles. The molecule has 0 amide bonds. The normalized spacial score (nSPS) is 10.4. The van der Waals surface area contributed by atoms with E-state index in [1.165, 1.54) is 5.56 Å². The first-order valence-electron chi connectivity index (χ1n) is 5.78. The van der Waals surface area contributed by atoms with Gasteiger partial charge in [0, 0.05) is 19.7 Å². The third-order valence-electron chi connectivity index (χ3n) is 2.62. The minimum atomic E-state index is 0.211. The van der Waals surface area contributed by atoms with Gasteiger partial charge < -0.3 is 4.90 Å². The molecule has 0 fully saturated rings. The average Bonchev–Trinajstić information content (AvgIpc) is 2.38. The first-order chi connectivity index (χ1) is 8.60. The second-order valence-corrected chi connectivity index (χ2v) is 4.51. The van der Waals surface area contributed by atoms with Crippen molar-refractivity contribution in [2.45, 2.75) is 13.3 Å². The van der Waals surface area contributed by atoms with Crippen molar-refractivity contribution in [1.82, 2.24) is 15.0 Å². The Morgan fingerprint density at radius 2 is 1.72 bits per heavy atom. The lowest BCUT2D eigenvalue weighted by Crippen LogP contribution is -2.13. The highest BCUT2D eigenvalue weighted by atomic mass is 35.5. The molecule has 0 saturated heterocycles. The number of hydrogen-bond donors (Lipinski definition) is 0. The van der Waals surface area contributed by atoms with Crippen molar-refractivity contribution in [3.63, 3.8) is 0 Å². The fourth-order valence-corrected chi connectivity index (χ4v) is 1.71. The molecule has 0 bridgehead atoms. The van der Waals surface area contributed by atoms with E-state index in [1.807, 2.05) is 26.2 Å². The van der Waals surface area contributed by atoms with Crippen LogP contribution in [0, 0.1) is 0 Å². The Bertz CT molecular complexity index is 537. The van der Waals surface area contributed by atoms with Gasteiger partial charge in [-0.3, -0.25) is 0 Å². The van der Waals surface area contributed by atoms with Crippen LogP contribution in [0.3, 0.4) is 0 Å². The van der Waals surface area contributed by atoms with Crippen molar-refractivity contribution in [3.05, 3.63) is 35.1 Å². The van der Waals surface area contributed by atoms with Crippen molar-refractivity contribution < 1.29 is 0 Å². The fraction of sp³-hybridized carbons (Fsp3) is 0.308. The summed E-state index contributed by atoms with van der Waals surface area (Å²) in [6.45, 7) is 2.12. The molecule has 2 aromatic rings. The van der Waals surface area contributed by atoms with E-state index in [1.54, 1.807) is 4.90 Å². The van der Waals surface area contributed by atoms with Crippen LogP contribution in [0.25, 0.3) is 11.4 Å². The lowest BCUT2D eigenvalue weighted by molar-refractivity contribution is 0.961. The summed E-state index contributed by atoms with van der Waals surface area (Å²) in [7, 11) is 3.74. The van der Waals surface area contributed by atoms with Gasteiger partial charge in [-0.15, -0.1) is 0 Å². The summed E-state index contributed by atoms with van der Waals surface area (Å²) in [5, 5.41) is 0.211. The molecule has 0 unspecified atom stereocenters. The van der Waals surface area contributed by atoms with Gasteiger partial charge in [0.2, 0.25) is 11.2 Å². The number of rotatable bonds is 3. The number of aromatic nitrogens is 3. The van der Waals surface area contributed by atoms with E-state index in [-0.39, 0.29) is 5.28 Å². The topological polar surface area (TPSA) is 41.9 Å². The zero-order valence-corrected chi connectivity index (χ0v) is 11.4. The van der Waals surface area contributed by atoms with E-state index in [0.717, 1.165) is 12.0 Å². The summed E-state index contributed by atoms with van der Waals surface area (Å²) in [6.07, 6.45) is 1.02. The van der Waals surface area contributed by atoms with Crippen LogP contribution in [0.15, 0.2) is 24.3 Å². The molecule has 0 spiro atoms. The van der Waals surface area contributed by atoms with Crippen LogP contribution >= 0.6 is 11.6 Å². The van der Waals surface area contributed by atoms with Crippen molar-refractivity contribution in [3.8, 4) is 11.4 Å².